The van der Waals surface area contributed by atoms with Crippen LogP contribution in [0.4, 0.5) is 0 Å². The Hall–Kier alpha value is -2.10. The number of carbonyl (C=O) groups excluding carboxylic acids is 1. The second-order valence-electron chi connectivity index (χ2n) is 4.61. The highest BCUT2D eigenvalue weighted by Crippen LogP contribution is 2.06. The van der Waals surface area contributed by atoms with Gasteiger partial charge in [0.2, 0.25) is 0 Å². The van der Waals surface area contributed by atoms with Crippen LogP contribution in [0.1, 0.15) is 48.5 Å². The Bertz CT molecular complexity index is 463. The van der Waals surface area contributed by atoms with Crippen LogP contribution in [-0.2, 0) is 4.79 Å². The molecule has 0 fully saturated rings. The van der Waals surface area contributed by atoms with Crippen LogP contribution >= 0.6 is 0 Å². The molecule has 0 spiro atoms. The fourth-order valence-corrected chi connectivity index (χ4v) is 1.77. The molecular formula is C16H21NO3. The molecule has 108 valence electrons. The van der Waals surface area contributed by atoms with E-state index in [1.54, 1.807) is 24.3 Å². The molecule has 2 N–H and O–H groups in total. The van der Waals surface area contributed by atoms with Gasteiger partial charge in [-0.05, 0) is 30.2 Å². The highest BCUT2D eigenvalue weighted by Gasteiger charge is 2.03. The number of aliphatic carboxylic acids is 1. The lowest BCUT2D eigenvalue weighted by Gasteiger charge is -2.05. The van der Waals surface area contributed by atoms with Crippen molar-refractivity contribution in [3.8, 4) is 0 Å². The zero-order chi connectivity index (χ0) is 14.8. The molecule has 20 heavy (non-hydrogen) atoms. The maximum atomic E-state index is 11.8. The van der Waals surface area contributed by atoms with E-state index in [1.165, 1.54) is 18.9 Å². The van der Waals surface area contributed by atoms with Crippen molar-refractivity contribution in [3.05, 3.63) is 41.5 Å². The van der Waals surface area contributed by atoms with Crippen LogP contribution in [-0.4, -0.2) is 23.5 Å². The van der Waals surface area contributed by atoms with Gasteiger partial charge >= 0.3 is 5.97 Å². The predicted molar refractivity (Wildman–Crippen MR) is 79.6 cm³/mol. The summed E-state index contributed by atoms with van der Waals surface area (Å²) in [7, 11) is 0. The van der Waals surface area contributed by atoms with E-state index in [9.17, 15) is 9.59 Å². The Labute approximate surface area is 119 Å². The molecule has 1 rings (SSSR count). The Kier molecular flexibility index (Phi) is 7.11. The Balaban J connectivity index is 2.43. The number of unbranched alkanes of at least 4 members (excludes halogenated alkanes) is 3. The standard InChI is InChI=1S/C16H21NO3/c1-2-3-4-5-12-17-16(20)14-9-6-13(7-10-14)8-11-15(18)19/h6-11H,2-5,12H2,1H3,(H,17,20)(H,18,19). The van der Waals surface area contributed by atoms with E-state index in [1.807, 2.05) is 0 Å². The molecule has 0 saturated carbocycles. The van der Waals surface area contributed by atoms with Crippen molar-refractivity contribution in [2.45, 2.75) is 32.6 Å². The van der Waals surface area contributed by atoms with Crippen LogP contribution in [0.15, 0.2) is 30.3 Å². The van der Waals surface area contributed by atoms with Gasteiger partial charge in [0, 0.05) is 18.2 Å². The minimum atomic E-state index is -0.987. The van der Waals surface area contributed by atoms with Crippen molar-refractivity contribution in [1.29, 1.82) is 0 Å². The Morgan fingerprint density at radius 2 is 1.85 bits per heavy atom. The van der Waals surface area contributed by atoms with Gasteiger partial charge in [-0.3, -0.25) is 4.79 Å². The molecule has 0 aliphatic carbocycles. The zero-order valence-corrected chi connectivity index (χ0v) is 11.8. The van der Waals surface area contributed by atoms with Gasteiger partial charge in [-0.2, -0.15) is 0 Å². The molecule has 0 aromatic heterocycles. The Morgan fingerprint density at radius 1 is 1.15 bits per heavy atom. The summed E-state index contributed by atoms with van der Waals surface area (Å²) in [4.78, 5) is 22.2. The summed E-state index contributed by atoms with van der Waals surface area (Å²) < 4.78 is 0. The summed E-state index contributed by atoms with van der Waals surface area (Å²) in [5, 5.41) is 11.4. The summed E-state index contributed by atoms with van der Waals surface area (Å²) in [6.07, 6.45) is 7.08. The van der Waals surface area contributed by atoms with Crippen molar-refractivity contribution >= 4 is 18.0 Å². The summed E-state index contributed by atoms with van der Waals surface area (Å²) in [5.74, 6) is -1.07. The van der Waals surface area contributed by atoms with Crippen LogP contribution in [0.2, 0.25) is 0 Å². The van der Waals surface area contributed by atoms with E-state index < -0.39 is 5.97 Å². The fraction of sp³-hybridized carbons (Fsp3) is 0.375. The Morgan fingerprint density at radius 3 is 2.45 bits per heavy atom. The van der Waals surface area contributed by atoms with Crippen molar-refractivity contribution in [2.75, 3.05) is 6.54 Å². The average molecular weight is 275 g/mol. The van der Waals surface area contributed by atoms with Gasteiger partial charge in [-0.25, -0.2) is 4.79 Å². The van der Waals surface area contributed by atoms with Crippen LogP contribution < -0.4 is 5.32 Å². The van der Waals surface area contributed by atoms with Gasteiger partial charge in [0.25, 0.3) is 5.91 Å². The van der Waals surface area contributed by atoms with E-state index in [4.69, 9.17) is 5.11 Å². The highest BCUT2D eigenvalue weighted by molar-refractivity contribution is 5.94. The van der Waals surface area contributed by atoms with Crippen molar-refractivity contribution < 1.29 is 14.7 Å². The SMILES string of the molecule is CCCCCCNC(=O)c1ccc(C=CC(=O)O)cc1. The highest BCUT2D eigenvalue weighted by atomic mass is 16.4. The maximum absolute atomic E-state index is 11.8. The van der Waals surface area contributed by atoms with Crippen LogP contribution in [0.5, 0.6) is 0 Å². The molecule has 0 bridgehead atoms. The minimum absolute atomic E-state index is 0.0877. The second-order valence-corrected chi connectivity index (χ2v) is 4.61. The lowest BCUT2D eigenvalue weighted by atomic mass is 10.1. The first-order valence-corrected chi connectivity index (χ1v) is 6.92. The van der Waals surface area contributed by atoms with Crippen molar-refractivity contribution in [3.63, 3.8) is 0 Å². The third-order valence-electron chi connectivity index (χ3n) is 2.91. The largest absolute Gasteiger partial charge is 0.478 e. The summed E-state index contributed by atoms with van der Waals surface area (Å²) >= 11 is 0. The first-order chi connectivity index (χ1) is 9.63. The molecule has 1 amide bonds. The number of benzene rings is 1. The van der Waals surface area contributed by atoms with Crippen LogP contribution in [0, 0.1) is 0 Å². The number of rotatable bonds is 8. The van der Waals surface area contributed by atoms with E-state index in [-0.39, 0.29) is 5.91 Å². The number of nitrogens with one attached hydrogen (secondary N) is 1. The van der Waals surface area contributed by atoms with Crippen LogP contribution in [0.25, 0.3) is 6.08 Å². The third kappa shape index (κ3) is 6.18. The first-order valence-electron chi connectivity index (χ1n) is 6.92. The number of carboxylic acids is 1. The zero-order valence-electron chi connectivity index (χ0n) is 11.8. The smallest absolute Gasteiger partial charge is 0.328 e. The lowest BCUT2D eigenvalue weighted by molar-refractivity contribution is -0.131. The number of amides is 1. The molecule has 0 radical (unpaired) electrons. The topological polar surface area (TPSA) is 66.4 Å². The van der Waals surface area contributed by atoms with E-state index in [2.05, 4.69) is 12.2 Å². The third-order valence-corrected chi connectivity index (χ3v) is 2.91. The van der Waals surface area contributed by atoms with Gasteiger partial charge in [0.15, 0.2) is 0 Å². The molecule has 0 heterocycles. The molecule has 0 saturated heterocycles. The molecule has 0 atom stereocenters. The minimum Gasteiger partial charge on any atom is -0.478 e. The van der Waals surface area contributed by atoms with Gasteiger partial charge in [-0.15, -0.1) is 0 Å². The molecule has 0 aliphatic heterocycles. The van der Waals surface area contributed by atoms with Gasteiger partial charge < -0.3 is 10.4 Å². The van der Waals surface area contributed by atoms with E-state index in [0.29, 0.717) is 12.1 Å². The lowest BCUT2D eigenvalue weighted by Crippen LogP contribution is -2.24. The number of carboxylic acid groups (broad SMARTS) is 1. The molecule has 0 aliphatic rings. The van der Waals surface area contributed by atoms with Crippen LogP contribution in [0.3, 0.4) is 0 Å². The fourth-order valence-electron chi connectivity index (χ4n) is 1.77. The monoisotopic (exact) mass is 275 g/mol. The quantitative estimate of drug-likeness (QED) is 0.566. The van der Waals surface area contributed by atoms with Gasteiger partial charge in [-0.1, -0.05) is 38.3 Å². The van der Waals surface area contributed by atoms with E-state index in [0.717, 1.165) is 24.5 Å². The molecule has 4 nitrogen and oxygen atoms in total. The summed E-state index contributed by atoms with van der Waals surface area (Å²) in [6, 6.07) is 6.85. The second kappa shape index (κ2) is 8.91. The molecule has 4 heteroatoms. The number of hydrogen-bond acceptors (Lipinski definition) is 2. The summed E-state index contributed by atoms with van der Waals surface area (Å²) in [6.45, 7) is 2.85. The molecule has 0 unspecified atom stereocenters. The molecule has 1 aromatic carbocycles. The van der Waals surface area contributed by atoms with Gasteiger partial charge in [0.05, 0.1) is 0 Å². The maximum Gasteiger partial charge on any atom is 0.328 e. The van der Waals surface area contributed by atoms with Crippen molar-refractivity contribution in [2.24, 2.45) is 0 Å². The summed E-state index contributed by atoms with van der Waals surface area (Å²) in [5.41, 5.74) is 1.35. The first kappa shape index (κ1) is 16.0. The van der Waals surface area contributed by atoms with Gasteiger partial charge in [0.1, 0.15) is 0 Å². The predicted octanol–water partition coefficient (Wildman–Crippen LogP) is 3.09. The number of hydrogen-bond donors (Lipinski definition) is 2. The molecular weight excluding hydrogens is 254 g/mol. The van der Waals surface area contributed by atoms with E-state index >= 15 is 0 Å². The average Bonchev–Trinajstić information content (AvgIpc) is 2.45. The molecule has 1 aromatic rings. The normalized spacial score (nSPS) is 10.7. The van der Waals surface area contributed by atoms with Crippen molar-refractivity contribution in [1.82, 2.24) is 5.32 Å². The number of carbonyl (C=O) groups is 2.